The first-order valence-corrected chi connectivity index (χ1v) is 37.0. The van der Waals surface area contributed by atoms with Gasteiger partial charge in [0.15, 0.2) is 0 Å². The largest absolute Gasteiger partial charge is 0.508 e. The first kappa shape index (κ1) is 73.1. The number of phenolic OH excluding ortho intramolecular Hbond substituents is 2. The van der Waals surface area contributed by atoms with E-state index in [-0.39, 0.29) is 130 Å². The summed E-state index contributed by atoms with van der Waals surface area (Å²) < 4.78 is 30.1. The lowest BCUT2D eigenvalue weighted by Crippen LogP contribution is -2.55. The number of phenols is 2. The molecule has 2 aliphatic rings. The van der Waals surface area contributed by atoms with E-state index >= 15 is 28.8 Å². The summed E-state index contributed by atoms with van der Waals surface area (Å²) in [7, 11) is 0. The molecule has 0 bridgehead atoms. The Labute approximate surface area is 619 Å². The van der Waals surface area contributed by atoms with Crippen molar-refractivity contribution in [1.29, 1.82) is 0 Å². The molecule has 6 amide bonds. The number of carbonyl (C=O) groups is 6. The molecule has 2 heterocycles. The number of aromatic hydroxyl groups is 2. The first-order chi connectivity index (χ1) is 50.6. The third-order valence-corrected chi connectivity index (χ3v) is 21.4. The molecule has 2 unspecified atom stereocenters. The Bertz CT molecular complexity index is 4800. The number of hydrogen-bond acceptors (Lipinski definition) is 12. The van der Waals surface area contributed by atoms with Crippen molar-refractivity contribution < 1.29 is 57.9 Å². The van der Waals surface area contributed by atoms with Gasteiger partial charge >= 0.3 is 0 Å². The number of likely N-dealkylation sites (N-methyl/N-ethyl adjacent to an activating group) is 2. The van der Waals surface area contributed by atoms with Gasteiger partial charge in [-0.25, -0.2) is 0 Å². The fourth-order valence-corrected chi connectivity index (χ4v) is 15.3. The van der Waals surface area contributed by atoms with E-state index in [0.29, 0.717) is 66.4 Å². The second kappa shape index (κ2) is 29.0. The van der Waals surface area contributed by atoms with E-state index < -0.39 is 47.5 Å². The van der Waals surface area contributed by atoms with Gasteiger partial charge in [-0.1, -0.05) is 128 Å². The Morgan fingerprint density at radius 2 is 0.566 bits per heavy atom. The Hall–Kier alpha value is -11.3. The quantitative estimate of drug-likeness (QED) is 0.0331. The molecular formula is C90H92N4O12. The van der Waals surface area contributed by atoms with Crippen LogP contribution in [0.4, 0.5) is 0 Å². The first-order valence-electron chi connectivity index (χ1n) is 37.0. The van der Waals surface area contributed by atoms with Crippen LogP contribution in [0.2, 0.25) is 0 Å². The van der Waals surface area contributed by atoms with Crippen molar-refractivity contribution >= 4 is 78.5 Å². The summed E-state index contributed by atoms with van der Waals surface area (Å²) in [5.74, 6) is -1.43. The molecule has 0 saturated heterocycles. The molecule has 106 heavy (non-hydrogen) atoms. The average molecular weight is 1420 g/mol. The summed E-state index contributed by atoms with van der Waals surface area (Å²) in [4.78, 5) is 103. The normalized spacial score (nSPS) is 13.6. The fourth-order valence-electron chi connectivity index (χ4n) is 15.3. The number of benzene rings is 11. The van der Waals surface area contributed by atoms with Gasteiger partial charge in [0.25, 0.3) is 23.6 Å². The Morgan fingerprint density at radius 3 is 0.774 bits per heavy atom. The van der Waals surface area contributed by atoms with Gasteiger partial charge in [0.2, 0.25) is 11.8 Å². The van der Waals surface area contributed by atoms with Gasteiger partial charge in [-0.3, -0.25) is 38.6 Å². The molecule has 16 nitrogen and oxygen atoms in total. The molecule has 2 atom stereocenters. The lowest BCUT2D eigenvalue weighted by Gasteiger charge is -2.37. The smallest absolute Gasteiger partial charge is 0.262 e. The highest BCUT2D eigenvalue weighted by Gasteiger charge is 2.47. The van der Waals surface area contributed by atoms with Crippen molar-refractivity contribution in [2.75, 3.05) is 26.2 Å². The lowest BCUT2D eigenvalue weighted by atomic mass is 9.80. The number of carbonyl (C=O) groups excluding carboxylic acids is 6. The van der Waals surface area contributed by atoms with Gasteiger partial charge in [0, 0.05) is 82.1 Å². The van der Waals surface area contributed by atoms with Crippen LogP contribution in [-0.4, -0.2) is 104 Å². The van der Waals surface area contributed by atoms with Crippen LogP contribution >= 0.6 is 0 Å². The number of hydrogen-bond donors (Lipinski definition) is 2. The van der Waals surface area contributed by atoms with Crippen LogP contribution in [0.5, 0.6) is 57.5 Å². The number of rotatable bonds is 24. The average Bonchev–Trinajstić information content (AvgIpc) is 0.670. The van der Waals surface area contributed by atoms with Gasteiger partial charge < -0.3 is 39.0 Å². The maximum Gasteiger partial charge on any atom is 0.262 e. The zero-order valence-electron chi connectivity index (χ0n) is 63.3. The molecule has 0 radical (unpaired) electrons. The number of ether oxygens (including phenoxy) is 4. The SMILES string of the molecule is CCN(CC)C(=O)C(Cc1ccc(O)cc1)N1C(=O)c2cc(Oc3ccc(C(C)C)cc3C)c3c4c(Oc5ccc(C(C)C)cc5C)cc5c6c(cc(Oc7ccc(C(C)C)cc7C)c(c7c(Oc8ccc(C(C)C)cc8C)cc(c2c37)C1=O)c64)C(=O)N(C(Cc1ccc(O)cc1)C(=O)N(CC)CC)C5=O. The van der Waals surface area contributed by atoms with Gasteiger partial charge in [-0.05, 0) is 207 Å². The minimum absolute atomic E-state index is 0.00199. The van der Waals surface area contributed by atoms with Crippen LogP contribution in [0, 0.1) is 27.7 Å². The molecule has 0 saturated carbocycles. The Morgan fingerprint density at radius 1 is 0.330 bits per heavy atom. The Balaban J connectivity index is 1.25. The highest BCUT2D eigenvalue weighted by Crippen LogP contribution is 2.59. The third-order valence-electron chi connectivity index (χ3n) is 21.4. The minimum atomic E-state index is -1.41. The van der Waals surface area contributed by atoms with Crippen molar-refractivity contribution in [1.82, 2.24) is 19.6 Å². The van der Waals surface area contributed by atoms with Crippen molar-refractivity contribution in [3.8, 4) is 57.5 Å². The summed E-state index contributed by atoms with van der Waals surface area (Å²) in [5, 5.41) is 23.3. The van der Waals surface area contributed by atoms with E-state index in [0.717, 1.165) is 54.3 Å². The predicted octanol–water partition coefficient (Wildman–Crippen LogP) is 20.2. The summed E-state index contributed by atoms with van der Waals surface area (Å²) in [6, 6.07) is 40.1. The van der Waals surface area contributed by atoms with E-state index in [1.54, 1.807) is 58.3 Å². The van der Waals surface area contributed by atoms with Crippen molar-refractivity contribution in [2.45, 2.75) is 159 Å². The molecule has 16 heteroatoms. The maximum absolute atomic E-state index is 16.7. The molecule has 2 N–H and O–H groups in total. The number of nitrogens with zero attached hydrogens (tertiary/aromatic N) is 4. The maximum atomic E-state index is 16.7. The second-order valence-electron chi connectivity index (χ2n) is 29.6. The second-order valence-corrected chi connectivity index (χ2v) is 29.6. The molecular weight excluding hydrogens is 1330 g/mol. The zero-order chi connectivity index (χ0) is 75.8. The highest BCUT2D eigenvalue weighted by atomic mass is 16.5. The summed E-state index contributed by atoms with van der Waals surface area (Å²) in [6.07, 6.45) is -0.215. The van der Waals surface area contributed by atoms with Crippen LogP contribution in [0.3, 0.4) is 0 Å². The van der Waals surface area contributed by atoms with E-state index in [2.05, 4.69) is 79.7 Å². The standard InChI is InChI=1S/C90H92N4O12/c1-17-91(18-2)89(101)67(41-55-21-29-61(95)30-22-55)93-85(97)63-43-73(103-69-33-25-57(47(5)6)37-51(69)13)79-81-75(105-71-35-27-59(49(9)10)39-53(71)15)45-65-78-66(88(100)94(87(65)99)68(90(102)92(19-3)20-4)42-56-23-31-62(96)32-24-56)46-76(106-72-36-28-60(50(11)12)40-54(72)16)82(84(78)81)80-74(44-64(86(93)98)77(63)83(79)80)104-70-34-26-58(48(7)8)38-52(70)14/h21-40,43-50,67-68,95-96H,17-20,41-42H2,1-16H3. The van der Waals surface area contributed by atoms with E-state index in [1.807, 2.05) is 104 Å². The van der Waals surface area contributed by atoms with Gasteiger partial charge in [-0.2, -0.15) is 0 Å². The minimum Gasteiger partial charge on any atom is -0.508 e. The van der Waals surface area contributed by atoms with Gasteiger partial charge in [0.1, 0.15) is 69.6 Å². The molecule has 2 aliphatic heterocycles. The topological polar surface area (TPSA) is 193 Å². The number of imide groups is 2. The predicted molar refractivity (Wildman–Crippen MR) is 417 cm³/mol. The number of aryl methyl sites for hydroxylation is 4. The summed E-state index contributed by atoms with van der Waals surface area (Å²) in [5.41, 5.74) is 8.44. The van der Waals surface area contributed by atoms with Gasteiger partial charge in [0.05, 0.1) is 22.3 Å². The lowest BCUT2D eigenvalue weighted by molar-refractivity contribution is -0.135. The van der Waals surface area contributed by atoms with Crippen molar-refractivity contribution in [3.05, 3.63) is 223 Å². The van der Waals surface area contributed by atoms with Crippen molar-refractivity contribution in [2.24, 2.45) is 0 Å². The van der Waals surface area contributed by atoms with Crippen LogP contribution in [0.15, 0.2) is 146 Å². The monoisotopic (exact) mass is 1420 g/mol. The molecule has 0 spiro atoms. The molecule has 13 rings (SSSR count). The van der Waals surface area contributed by atoms with Crippen LogP contribution in [0.25, 0.3) is 43.1 Å². The van der Waals surface area contributed by atoms with E-state index in [4.69, 9.17) is 18.9 Å². The van der Waals surface area contributed by atoms with Crippen LogP contribution in [-0.2, 0) is 22.4 Å². The molecule has 544 valence electrons. The third kappa shape index (κ3) is 13.0. The molecule has 0 fully saturated rings. The number of amides is 6. The molecule has 0 aromatic heterocycles. The molecule has 11 aromatic carbocycles. The highest BCUT2D eigenvalue weighted by molar-refractivity contribution is 6.45. The van der Waals surface area contributed by atoms with E-state index in [1.165, 1.54) is 24.3 Å². The number of fused-ring (bicyclic) bond motifs is 2. The fraction of sp³-hybridized carbons (Fsp3) is 0.311. The van der Waals surface area contributed by atoms with E-state index in [9.17, 15) is 10.2 Å². The van der Waals surface area contributed by atoms with Gasteiger partial charge in [-0.15, -0.1) is 0 Å². The van der Waals surface area contributed by atoms with Crippen LogP contribution < -0.4 is 18.9 Å². The molecule has 0 aliphatic carbocycles. The zero-order valence-corrected chi connectivity index (χ0v) is 63.3. The summed E-state index contributed by atoms with van der Waals surface area (Å²) >= 11 is 0. The molecule has 11 aromatic rings. The Kier molecular flexibility index (Phi) is 20.0. The van der Waals surface area contributed by atoms with Crippen LogP contribution in [0.1, 0.15) is 204 Å². The summed E-state index contributed by atoms with van der Waals surface area (Å²) in [6.45, 7) is 33.1. The van der Waals surface area contributed by atoms with Crippen molar-refractivity contribution in [3.63, 3.8) is 0 Å².